The Morgan fingerprint density at radius 3 is 2.53 bits per heavy atom. The largest absolute Gasteiger partial charge is 0.463 e. The number of aryl methyl sites for hydroxylation is 2. The second kappa shape index (κ2) is 7.92. The van der Waals surface area contributed by atoms with E-state index in [4.69, 9.17) is 4.74 Å². The van der Waals surface area contributed by atoms with Crippen molar-refractivity contribution in [1.29, 1.82) is 0 Å². The van der Waals surface area contributed by atoms with Gasteiger partial charge in [0.05, 0.1) is 23.2 Å². The SMILES string of the molecule is COC(=O)c1nccc2nc(Nc3ccc4c(C)nn(S(=O)(=O)c5ccc(C)cc5)c4c3)nn12. The molecule has 0 saturated heterocycles. The maximum absolute atomic E-state index is 13.3. The lowest BCUT2D eigenvalue weighted by Crippen LogP contribution is -2.14. The second-order valence-electron chi connectivity index (χ2n) is 7.57. The summed E-state index contributed by atoms with van der Waals surface area (Å²) in [6.45, 7) is 3.64. The molecule has 1 N–H and O–H groups in total. The number of methoxy groups -OCH3 is 1. The van der Waals surface area contributed by atoms with E-state index in [2.05, 4.69) is 25.5 Å². The average molecular weight is 478 g/mol. The molecule has 2 aromatic carbocycles. The number of ether oxygens (including phenoxy) is 1. The summed E-state index contributed by atoms with van der Waals surface area (Å²) in [4.78, 5) is 20.4. The summed E-state index contributed by atoms with van der Waals surface area (Å²) in [5.74, 6) is -0.472. The van der Waals surface area contributed by atoms with Crippen LogP contribution in [-0.2, 0) is 14.8 Å². The molecule has 5 rings (SSSR count). The minimum Gasteiger partial charge on any atom is -0.463 e. The summed E-state index contributed by atoms with van der Waals surface area (Å²) < 4.78 is 33.6. The fourth-order valence-electron chi connectivity index (χ4n) is 3.54. The maximum Gasteiger partial charge on any atom is 0.376 e. The van der Waals surface area contributed by atoms with Gasteiger partial charge in [0.15, 0.2) is 5.65 Å². The minimum absolute atomic E-state index is 0.0195. The van der Waals surface area contributed by atoms with Crippen LogP contribution in [0.2, 0.25) is 0 Å². The first-order valence-electron chi connectivity index (χ1n) is 10.2. The van der Waals surface area contributed by atoms with Gasteiger partial charge in [0.2, 0.25) is 11.8 Å². The van der Waals surface area contributed by atoms with Crippen LogP contribution in [0.4, 0.5) is 11.6 Å². The topological polar surface area (TPSA) is 133 Å². The van der Waals surface area contributed by atoms with Crippen molar-refractivity contribution in [1.82, 2.24) is 28.8 Å². The summed E-state index contributed by atoms with van der Waals surface area (Å²) in [6.07, 6.45) is 1.43. The highest BCUT2D eigenvalue weighted by Crippen LogP contribution is 2.27. The molecule has 0 aliphatic rings. The molecule has 11 nitrogen and oxygen atoms in total. The first-order valence-corrected chi connectivity index (χ1v) is 11.6. The monoisotopic (exact) mass is 477 g/mol. The molecule has 5 aromatic rings. The Morgan fingerprint density at radius 1 is 1.03 bits per heavy atom. The highest BCUT2D eigenvalue weighted by atomic mass is 32.2. The van der Waals surface area contributed by atoms with Crippen LogP contribution < -0.4 is 5.32 Å². The third kappa shape index (κ3) is 3.53. The minimum atomic E-state index is -3.91. The van der Waals surface area contributed by atoms with Crippen molar-refractivity contribution in [3.8, 4) is 0 Å². The van der Waals surface area contributed by atoms with Gasteiger partial charge in [0.1, 0.15) is 0 Å². The molecular formula is C22H19N7O4S. The van der Waals surface area contributed by atoms with E-state index in [0.717, 1.165) is 9.65 Å². The Hall–Kier alpha value is -4.32. The van der Waals surface area contributed by atoms with Crippen LogP contribution in [0.1, 0.15) is 21.9 Å². The lowest BCUT2D eigenvalue weighted by Gasteiger charge is -2.07. The molecule has 0 radical (unpaired) electrons. The van der Waals surface area contributed by atoms with Crippen LogP contribution in [0.5, 0.6) is 0 Å². The summed E-state index contributed by atoms with van der Waals surface area (Å²) in [5, 5.41) is 12.3. The zero-order valence-corrected chi connectivity index (χ0v) is 19.2. The lowest BCUT2D eigenvalue weighted by atomic mass is 10.2. The van der Waals surface area contributed by atoms with Crippen LogP contribution in [-0.4, -0.2) is 50.3 Å². The smallest absolute Gasteiger partial charge is 0.376 e. The molecule has 0 spiro atoms. The number of rotatable bonds is 5. The number of benzene rings is 2. The number of hydrogen-bond donors (Lipinski definition) is 1. The summed E-state index contributed by atoms with van der Waals surface area (Å²) in [7, 11) is -2.65. The molecular weight excluding hydrogens is 458 g/mol. The number of aromatic nitrogens is 6. The van der Waals surface area contributed by atoms with Crippen molar-refractivity contribution < 1.29 is 17.9 Å². The zero-order chi connectivity index (χ0) is 24.0. The van der Waals surface area contributed by atoms with Crippen LogP contribution >= 0.6 is 0 Å². The van der Waals surface area contributed by atoms with E-state index in [-0.39, 0.29) is 16.7 Å². The Balaban J connectivity index is 1.56. The lowest BCUT2D eigenvalue weighted by molar-refractivity contribution is 0.0583. The van der Waals surface area contributed by atoms with E-state index in [9.17, 15) is 13.2 Å². The quantitative estimate of drug-likeness (QED) is 0.379. The third-order valence-corrected chi connectivity index (χ3v) is 6.86. The van der Waals surface area contributed by atoms with E-state index >= 15 is 0 Å². The molecule has 0 saturated carbocycles. The summed E-state index contributed by atoms with van der Waals surface area (Å²) in [6, 6.07) is 13.4. The van der Waals surface area contributed by atoms with E-state index in [1.165, 1.54) is 17.8 Å². The highest BCUT2D eigenvalue weighted by molar-refractivity contribution is 7.90. The molecule has 0 aliphatic heterocycles. The molecule has 3 heterocycles. The van der Waals surface area contributed by atoms with Gasteiger partial charge in [-0.05, 0) is 44.2 Å². The predicted octanol–water partition coefficient (Wildman–Crippen LogP) is 2.86. The molecule has 0 amide bonds. The highest BCUT2D eigenvalue weighted by Gasteiger charge is 2.22. The van der Waals surface area contributed by atoms with Crippen LogP contribution in [0.3, 0.4) is 0 Å². The van der Waals surface area contributed by atoms with Gasteiger partial charge < -0.3 is 10.1 Å². The standard InChI is InChI=1S/C22H19N7O4S/c1-13-4-7-16(8-5-13)34(31,32)29-18-12-15(6-9-17(18)14(2)26-29)24-22-25-19-10-11-23-20(21(30)33-3)28(19)27-22/h4-12H,1-3H3,(H,24,27). The summed E-state index contributed by atoms with van der Waals surface area (Å²) >= 11 is 0. The number of nitrogens with zero attached hydrogens (tertiary/aromatic N) is 6. The van der Waals surface area contributed by atoms with Gasteiger partial charge in [-0.3, -0.25) is 0 Å². The number of carbonyl (C=O) groups is 1. The van der Waals surface area contributed by atoms with E-state index in [1.54, 1.807) is 55.5 Å². The molecule has 34 heavy (non-hydrogen) atoms. The Labute approximate surface area is 194 Å². The summed E-state index contributed by atoms with van der Waals surface area (Å²) in [5.41, 5.74) is 2.87. The number of anilines is 2. The van der Waals surface area contributed by atoms with Gasteiger partial charge in [-0.25, -0.2) is 9.78 Å². The fourth-order valence-corrected chi connectivity index (χ4v) is 4.86. The van der Waals surface area contributed by atoms with Gasteiger partial charge >= 0.3 is 5.97 Å². The number of fused-ring (bicyclic) bond motifs is 2. The van der Waals surface area contributed by atoms with E-state index < -0.39 is 16.0 Å². The Morgan fingerprint density at radius 2 is 1.79 bits per heavy atom. The normalized spacial score (nSPS) is 11.7. The molecule has 0 fully saturated rings. The van der Waals surface area contributed by atoms with Crippen molar-refractivity contribution in [3.05, 3.63) is 71.8 Å². The average Bonchev–Trinajstić information content (AvgIpc) is 3.39. The van der Waals surface area contributed by atoms with Crippen molar-refractivity contribution in [2.45, 2.75) is 18.7 Å². The van der Waals surface area contributed by atoms with Crippen molar-refractivity contribution in [2.24, 2.45) is 0 Å². The molecule has 3 aromatic heterocycles. The number of nitrogens with one attached hydrogen (secondary N) is 1. The Kier molecular flexibility index (Phi) is 5.01. The van der Waals surface area contributed by atoms with E-state index in [1.807, 2.05) is 6.92 Å². The fraction of sp³-hybridized carbons (Fsp3) is 0.136. The molecule has 0 unspecified atom stereocenters. The van der Waals surface area contributed by atoms with Crippen LogP contribution in [0, 0.1) is 13.8 Å². The third-order valence-electron chi connectivity index (χ3n) is 5.26. The maximum atomic E-state index is 13.3. The molecule has 12 heteroatoms. The molecule has 0 bridgehead atoms. The predicted molar refractivity (Wildman–Crippen MR) is 124 cm³/mol. The number of hydrogen-bond acceptors (Lipinski definition) is 9. The van der Waals surface area contributed by atoms with Gasteiger partial charge in [-0.15, -0.1) is 5.10 Å². The first kappa shape index (κ1) is 21.5. The Bertz CT molecular complexity index is 1670. The second-order valence-corrected chi connectivity index (χ2v) is 9.34. The van der Waals surface area contributed by atoms with Gasteiger partial charge in [-0.1, -0.05) is 17.7 Å². The van der Waals surface area contributed by atoms with Crippen molar-refractivity contribution >= 4 is 44.2 Å². The van der Waals surface area contributed by atoms with Crippen LogP contribution in [0.15, 0.2) is 59.6 Å². The number of carbonyl (C=O) groups excluding carboxylic acids is 1. The van der Waals surface area contributed by atoms with Crippen molar-refractivity contribution in [3.63, 3.8) is 0 Å². The van der Waals surface area contributed by atoms with E-state index in [0.29, 0.717) is 27.9 Å². The molecule has 0 atom stereocenters. The van der Waals surface area contributed by atoms with Crippen molar-refractivity contribution in [2.75, 3.05) is 12.4 Å². The van der Waals surface area contributed by atoms with Gasteiger partial charge in [-0.2, -0.15) is 27.1 Å². The molecule has 172 valence electrons. The number of esters is 1. The van der Waals surface area contributed by atoms with Gasteiger partial charge in [0, 0.05) is 23.3 Å². The zero-order valence-electron chi connectivity index (χ0n) is 18.4. The van der Waals surface area contributed by atoms with Gasteiger partial charge in [0.25, 0.3) is 10.0 Å². The van der Waals surface area contributed by atoms with Crippen LogP contribution in [0.25, 0.3) is 16.6 Å². The molecule has 0 aliphatic carbocycles. The first-order chi connectivity index (χ1) is 16.3.